The lowest BCUT2D eigenvalue weighted by atomic mass is 9.79. The summed E-state index contributed by atoms with van der Waals surface area (Å²) in [5.41, 5.74) is 4.95. The molecule has 2 aliphatic rings. The monoisotopic (exact) mass is 516 g/mol. The van der Waals surface area contributed by atoms with Crippen LogP contribution in [-0.4, -0.2) is 48.3 Å². The zero-order valence-corrected chi connectivity index (χ0v) is 20.1. The largest absolute Gasteiger partial charge is 0.489 e. The number of alkyl halides is 3. The molecule has 4 rings (SSSR count). The van der Waals surface area contributed by atoms with E-state index < -0.39 is 23.2 Å². The van der Waals surface area contributed by atoms with Crippen molar-refractivity contribution < 1.29 is 31.8 Å². The Morgan fingerprint density at radius 1 is 1.23 bits per heavy atom. The Bertz CT molecular complexity index is 1040. The Hall–Kier alpha value is -2.36. The van der Waals surface area contributed by atoms with Crippen LogP contribution in [-0.2, 0) is 15.7 Å². The Kier molecular flexibility index (Phi) is 8.34. The molecule has 2 aromatic rings. The summed E-state index contributed by atoms with van der Waals surface area (Å²) in [6, 6.07) is 11.1. The van der Waals surface area contributed by atoms with Gasteiger partial charge in [0.2, 0.25) is 5.91 Å². The lowest BCUT2D eigenvalue weighted by Gasteiger charge is -2.46. The lowest BCUT2D eigenvalue weighted by molar-refractivity contribution is -0.142. The first kappa shape index (κ1) is 27.2. The Morgan fingerprint density at radius 2 is 1.97 bits per heavy atom. The van der Waals surface area contributed by atoms with Gasteiger partial charge < -0.3 is 15.2 Å². The summed E-state index contributed by atoms with van der Waals surface area (Å²) in [6.07, 6.45) is -3.86. The molecule has 2 aromatic carbocycles. The Labute approximate surface area is 208 Å². The minimum absolute atomic E-state index is 0. The van der Waals surface area contributed by atoms with Crippen molar-refractivity contribution in [2.24, 2.45) is 5.73 Å². The normalized spacial score (nSPS) is 26.1. The van der Waals surface area contributed by atoms with Gasteiger partial charge in [-0.1, -0.05) is 25.1 Å². The van der Waals surface area contributed by atoms with Gasteiger partial charge in [0.25, 0.3) is 0 Å². The van der Waals surface area contributed by atoms with E-state index in [1.807, 2.05) is 17.9 Å². The van der Waals surface area contributed by atoms with Crippen molar-refractivity contribution >= 4 is 18.3 Å². The van der Waals surface area contributed by atoms with E-state index in [2.05, 4.69) is 0 Å². The smallest absolute Gasteiger partial charge is 0.416 e. The van der Waals surface area contributed by atoms with Gasteiger partial charge in [-0.3, -0.25) is 9.69 Å². The first-order chi connectivity index (χ1) is 16.1. The third-order valence-electron chi connectivity index (χ3n) is 6.99. The predicted octanol–water partition coefficient (Wildman–Crippen LogP) is 4.93. The maximum absolute atomic E-state index is 13.7. The van der Waals surface area contributed by atoms with Gasteiger partial charge in [0.1, 0.15) is 23.2 Å². The molecule has 0 saturated carbocycles. The van der Waals surface area contributed by atoms with Crippen LogP contribution in [0.15, 0.2) is 48.5 Å². The highest BCUT2D eigenvalue weighted by molar-refractivity contribution is 5.85. The van der Waals surface area contributed by atoms with Gasteiger partial charge in [-0.15, -0.1) is 12.4 Å². The molecule has 0 radical (unpaired) electrons. The molecule has 0 bridgehead atoms. The summed E-state index contributed by atoms with van der Waals surface area (Å²) < 4.78 is 64.6. The number of benzene rings is 2. The first-order valence-corrected chi connectivity index (χ1v) is 11.3. The molecule has 35 heavy (non-hydrogen) atoms. The highest BCUT2D eigenvalue weighted by atomic mass is 35.5. The van der Waals surface area contributed by atoms with E-state index in [4.69, 9.17) is 15.2 Å². The fourth-order valence-corrected chi connectivity index (χ4v) is 5.02. The van der Waals surface area contributed by atoms with Crippen LogP contribution in [0.5, 0.6) is 5.75 Å². The average Bonchev–Trinajstić information content (AvgIpc) is 3.27. The van der Waals surface area contributed by atoms with Crippen molar-refractivity contribution in [2.45, 2.75) is 56.0 Å². The second-order valence-corrected chi connectivity index (χ2v) is 9.10. The summed E-state index contributed by atoms with van der Waals surface area (Å²) in [5.74, 6) is -0.823. The van der Waals surface area contributed by atoms with Crippen molar-refractivity contribution in [2.75, 3.05) is 19.7 Å². The lowest BCUT2D eigenvalue weighted by Crippen LogP contribution is -2.61. The van der Waals surface area contributed by atoms with E-state index in [0.29, 0.717) is 39.0 Å². The SMILES string of the molecule is C[C@@H](c1cccc(F)c1)C1CC(C(N)=O)(N2CCC(Oc3cccc(C(F)(F)F)c3)C2)CCO1.Cl. The van der Waals surface area contributed by atoms with Crippen LogP contribution in [0.1, 0.15) is 43.2 Å². The summed E-state index contributed by atoms with van der Waals surface area (Å²) in [5, 5.41) is 0. The van der Waals surface area contributed by atoms with Crippen molar-refractivity contribution in [1.29, 1.82) is 0 Å². The molecule has 0 aliphatic carbocycles. The van der Waals surface area contributed by atoms with Crippen LogP contribution >= 0.6 is 12.4 Å². The molecule has 192 valence electrons. The van der Waals surface area contributed by atoms with Gasteiger partial charge in [0.05, 0.1) is 11.7 Å². The number of halogens is 5. The Balaban J connectivity index is 0.00000342. The van der Waals surface area contributed by atoms with Crippen LogP contribution < -0.4 is 10.5 Å². The topological polar surface area (TPSA) is 64.8 Å². The zero-order valence-electron chi connectivity index (χ0n) is 19.3. The second kappa shape index (κ2) is 10.7. The summed E-state index contributed by atoms with van der Waals surface area (Å²) >= 11 is 0. The molecule has 0 spiro atoms. The van der Waals surface area contributed by atoms with Gasteiger partial charge in [-0.25, -0.2) is 4.39 Å². The standard InChI is InChI=1S/C25H28F4N2O3.ClH/c1-16(17-4-2-6-19(26)12-17)22-14-24(23(30)32,9-11-33-22)31-10-8-21(15-31)34-20-7-3-5-18(13-20)25(27,28)29;/h2-7,12-13,16,21-22H,8-11,14-15H2,1H3,(H2,30,32);1H/t16-,21?,22?,24?;/m0./s1. The van der Waals surface area contributed by atoms with Gasteiger partial charge in [-0.05, 0) is 48.7 Å². The molecule has 2 fully saturated rings. The molecular weight excluding hydrogens is 488 g/mol. The number of amides is 1. The molecule has 0 aromatic heterocycles. The van der Waals surface area contributed by atoms with Crippen molar-refractivity contribution in [3.05, 3.63) is 65.5 Å². The van der Waals surface area contributed by atoms with E-state index >= 15 is 0 Å². The average molecular weight is 517 g/mol. The van der Waals surface area contributed by atoms with Gasteiger partial charge in [0.15, 0.2) is 0 Å². The Morgan fingerprint density at radius 3 is 2.66 bits per heavy atom. The third-order valence-corrected chi connectivity index (χ3v) is 6.99. The number of carbonyl (C=O) groups excluding carboxylic acids is 1. The summed E-state index contributed by atoms with van der Waals surface area (Å²) in [4.78, 5) is 14.7. The van der Waals surface area contributed by atoms with Crippen molar-refractivity contribution in [3.8, 4) is 5.75 Å². The number of rotatable bonds is 6. The third kappa shape index (κ3) is 5.90. The zero-order chi connectivity index (χ0) is 24.5. The van der Waals surface area contributed by atoms with Gasteiger partial charge in [-0.2, -0.15) is 13.2 Å². The molecule has 2 N–H and O–H groups in total. The highest BCUT2D eigenvalue weighted by Crippen LogP contribution is 2.39. The molecule has 1 amide bonds. The molecule has 5 nitrogen and oxygen atoms in total. The number of nitrogens with zero attached hydrogens (tertiary/aromatic N) is 1. The van der Waals surface area contributed by atoms with E-state index in [-0.39, 0.29) is 42.1 Å². The van der Waals surface area contributed by atoms with Crippen LogP contribution in [0.4, 0.5) is 17.6 Å². The van der Waals surface area contributed by atoms with Crippen LogP contribution in [0, 0.1) is 5.82 Å². The molecular formula is C25H29ClF4N2O3. The van der Waals surface area contributed by atoms with E-state index in [1.165, 1.54) is 24.3 Å². The quantitative estimate of drug-likeness (QED) is 0.553. The number of ether oxygens (including phenoxy) is 2. The molecule has 3 unspecified atom stereocenters. The highest BCUT2D eigenvalue weighted by Gasteiger charge is 2.50. The minimum Gasteiger partial charge on any atom is -0.489 e. The molecule has 10 heteroatoms. The van der Waals surface area contributed by atoms with Gasteiger partial charge >= 0.3 is 6.18 Å². The van der Waals surface area contributed by atoms with Crippen LogP contribution in [0.3, 0.4) is 0 Å². The van der Waals surface area contributed by atoms with E-state index in [0.717, 1.165) is 17.7 Å². The molecule has 2 saturated heterocycles. The number of hydrogen-bond donors (Lipinski definition) is 1. The summed E-state index contributed by atoms with van der Waals surface area (Å²) in [7, 11) is 0. The second-order valence-electron chi connectivity index (χ2n) is 9.10. The maximum Gasteiger partial charge on any atom is 0.416 e. The minimum atomic E-state index is -4.45. The van der Waals surface area contributed by atoms with E-state index in [9.17, 15) is 22.4 Å². The number of nitrogens with two attached hydrogens (primary N) is 1. The van der Waals surface area contributed by atoms with Crippen molar-refractivity contribution in [3.63, 3.8) is 0 Å². The first-order valence-electron chi connectivity index (χ1n) is 11.3. The number of hydrogen-bond acceptors (Lipinski definition) is 4. The number of likely N-dealkylation sites (tertiary alicyclic amines) is 1. The van der Waals surface area contributed by atoms with Crippen LogP contribution in [0.2, 0.25) is 0 Å². The fraction of sp³-hybridized carbons (Fsp3) is 0.480. The summed E-state index contributed by atoms with van der Waals surface area (Å²) in [6.45, 7) is 3.14. The van der Waals surface area contributed by atoms with Gasteiger partial charge in [0, 0.05) is 32.0 Å². The molecule has 2 heterocycles. The van der Waals surface area contributed by atoms with Crippen LogP contribution in [0.25, 0.3) is 0 Å². The predicted molar refractivity (Wildman–Crippen MR) is 125 cm³/mol. The van der Waals surface area contributed by atoms with E-state index in [1.54, 1.807) is 6.07 Å². The molecule has 4 atom stereocenters. The number of primary amides is 1. The van der Waals surface area contributed by atoms with Crippen molar-refractivity contribution in [1.82, 2.24) is 4.90 Å². The maximum atomic E-state index is 13.7. The molecule has 2 aliphatic heterocycles. The fourth-order valence-electron chi connectivity index (χ4n) is 5.02. The number of carbonyl (C=O) groups is 1.